The maximum atomic E-state index is 12.0. The van der Waals surface area contributed by atoms with Gasteiger partial charge < -0.3 is 15.4 Å². The highest BCUT2D eigenvalue weighted by Gasteiger charge is 2.13. The van der Waals surface area contributed by atoms with Gasteiger partial charge in [-0.1, -0.05) is 29.5 Å². The molecule has 1 aromatic heterocycles. The predicted molar refractivity (Wildman–Crippen MR) is 87.2 cm³/mol. The lowest BCUT2D eigenvalue weighted by Gasteiger charge is -2.07. The number of rotatable bonds is 7. The molecule has 23 heavy (non-hydrogen) atoms. The van der Waals surface area contributed by atoms with Crippen molar-refractivity contribution in [2.45, 2.75) is 26.5 Å². The summed E-state index contributed by atoms with van der Waals surface area (Å²) >= 11 is 1.13. The van der Waals surface area contributed by atoms with Gasteiger partial charge in [-0.3, -0.25) is 9.59 Å². The van der Waals surface area contributed by atoms with Gasteiger partial charge in [-0.05, 0) is 26.0 Å². The Morgan fingerprint density at radius 1 is 1.22 bits per heavy atom. The largest absolute Gasteiger partial charge is 0.364 e. The molecule has 2 aromatic rings. The van der Waals surface area contributed by atoms with E-state index in [1.165, 1.54) is 0 Å². The molecule has 2 N–H and O–H groups in total. The van der Waals surface area contributed by atoms with Crippen molar-refractivity contribution in [3.63, 3.8) is 0 Å². The van der Waals surface area contributed by atoms with Gasteiger partial charge in [-0.25, -0.2) is 0 Å². The Morgan fingerprint density at radius 3 is 2.65 bits per heavy atom. The number of para-hydroxylation sites is 1. The molecule has 0 radical (unpaired) electrons. The Kier molecular flexibility index (Phi) is 6.19. The Morgan fingerprint density at radius 2 is 1.96 bits per heavy atom. The number of nitrogens with zero attached hydrogens (tertiary/aromatic N) is 2. The normalized spacial score (nSPS) is 10.6. The van der Waals surface area contributed by atoms with Crippen molar-refractivity contribution in [2.75, 3.05) is 11.9 Å². The number of hydrogen-bond donors (Lipinski definition) is 2. The average Bonchev–Trinajstić information content (AvgIpc) is 2.96. The lowest BCUT2D eigenvalue weighted by atomic mass is 10.3. The molecule has 0 bridgehead atoms. The first kappa shape index (κ1) is 17.0. The second-order valence-corrected chi connectivity index (χ2v) is 6.10. The number of carbonyl (C=O) groups is 2. The molecule has 8 heteroatoms. The summed E-state index contributed by atoms with van der Waals surface area (Å²) in [5.41, 5.74) is 0.691. The second-order valence-electron chi connectivity index (χ2n) is 5.04. The molecular formula is C15H18N4O3S. The smallest absolute Gasteiger partial charge is 0.286 e. The standard InChI is InChI=1S/C15H18N4O3S/c1-10(2)16-12(20)8-22-9-13-18-19-15(23-13)14(21)17-11-6-4-3-5-7-11/h3-7,10H,8-9H2,1-2H3,(H,16,20)(H,17,21). The number of hydrogen-bond acceptors (Lipinski definition) is 6. The van der Waals surface area contributed by atoms with Crippen molar-refractivity contribution < 1.29 is 14.3 Å². The molecule has 0 aliphatic rings. The lowest BCUT2D eigenvalue weighted by molar-refractivity contribution is -0.126. The molecule has 7 nitrogen and oxygen atoms in total. The third kappa shape index (κ3) is 5.76. The zero-order valence-corrected chi connectivity index (χ0v) is 13.7. The number of benzene rings is 1. The van der Waals surface area contributed by atoms with Gasteiger partial charge in [-0.15, -0.1) is 10.2 Å². The fourth-order valence-corrected chi connectivity index (χ4v) is 2.38. The number of aromatic nitrogens is 2. The van der Waals surface area contributed by atoms with Crippen LogP contribution < -0.4 is 10.6 Å². The maximum absolute atomic E-state index is 12.0. The molecule has 0 unspecified atom stereocenters. The van der Waals surface area contributed by atoms with E-state index in [9.17, 15) is 9.59 Å². The van der Waals surface area contributed by atoms with Crippen LogP contribution in [0.1, 0.15) is 28.7 Å². The zero-order valence-electron chi connectivity index (χ0n) is 12.9. The third-order valence-electron chi connectivity index (χ3n) is 2.60. The summed E-state index contributed by atoms with van der Waals surface area (Å²) in [5.74, 6) is -0.510. The molecule has 0 spiro atoms. The molecule has 122 valence electrons. The van der Waals surface area contributed by atoms with Gasteiger partial charge in [0.25, 0.3) is 5.91 Å². The van der Waals surface area contributed by atoms with Crippen LogP contribution in [0.2, 0.25) is 0 Å². The van der Waals surface area contributed by atoms with E-state index in [2.05, 4.69) is 20.8 Å². The third-order valence-corrected chi connectivity index (χ3v) is 3.50. The number of nitrogens with one attached hydrogen (secondary N) is 2. The van der Waals surface area contributed by atoms with Gasteiger partial charge in [0.15, 0.2) is 0 Å². The van der Waals surface area contributed by atoms with Crippen LogP contribution in [0.3, 0.4) is 0 Å². The highest BCUT2D eigenvalue weighted by atomic mass is 32.1. The van der Waals surface area contributed by atoms with Crippen molar-refractivity contribution in [3.05, 3.63) is 40.3 Å². The number of carbonyl (C=O) groups excluding carboxylic acids is 2. The zero-order chi connectivity index (χ0) is 16.7. The summed E-state index contributed by atoms with van der Waals surface area (Å²) in [5, 5.41) is 14.0. The Bertz CT molecular complexity index is 658. The summed E-state index contributed by atoms with van der Waals surface area (Å²) in [6, 6.07) is 9.17. The molecular weight excluding hydrogens is 316 g/mol. The minimum Gasteiger partial charge on any atom is -0.364 e. The maximum Gasteiger partial charge on any atom is 0.286 e. The molecule has 2 amide bonds. The van der Waals surface area contributed by atoms with Gasteiger partial charge in [0.2, 0.25) is 10.9 Å². The van der Waals surface area contributed by atoms with Crippen molar-refractivity contribution in [1.29, 1.82) is 0 Å². The van der Waals surface area contributed by atoms with E-state index >= 15 is 0 Å². The first-order valence-electron chi connectivity index (χ1n) is 7.10. The molecule has 1 heterocycles. The van der Waals surface area contributed by atoms with Crippen LogP contribution in [0.5, 0.6) is 0 Å². The monoisotopic (exact) mass is 334 g/mol. The summed E-state index contributed by atoms with van der Waals surface area (Å²) in [6.07, 6.45) is 0. The first-order chi connectivity index (χ1) is 11.0. The van der Waals surface area contributed by atoms with E-state index in [1.54, 1.807) is 12.1 Å². The second kappa shape index (κ2) is 8.35. The van der Waals surface area contributed by atoms with Crippen molar-refractivity contribution in [2.24, 2.45) is 0 Å². The minimum absolute atomic E-state index is 0.0523. The molecule has 0 saturated heterocycles. The SMILES string of the molecule is CC(C)NC(=O)COCc1nnc(C(=O)Nc2ccccc2)s1. The van der Waals surface area contributed by atoms with E-state index in [1.807, 2.05) is 32.0 Å². The van der Waals surface area contributed by atoms with E-state index in [0.717, 1.165) is 11.3 Å². The van der Waals surface area contributed by atoms with Crippen LogP contribution in [0.25, 0.3) is 0 Å². The number of anilines is 1. The fraction of sp³-hybridized carbons (Fsp3) is 0.333. The van der Waals surface area contributed by atoms with Gasteiger partial charge >= 0.3 is 0 Å². The Hall–Kier alpha value is -2.32. The Balaban J connectivity index is 1.81. The van der Waals surface area contributed by atoms with Crippen molar-refractivity contribution >= 4 is 28.8 Å². The molecule has 0 fully saturated rings. The number of ether oxygens (including phenoxy) is 1. The molecule has 0 saturated carbocycles. The summed E-state index contributed by atoms with van der Waals surface area (Å²) < 4.78 is 5.26. The van der Waals surface area contributed by atoms with Gasteiger partial charge in [0.05, 0.1) is 0 Å². The molecule has 0 aliphatic heterocycles. The predicted octanol–water partition coefficient (Wildman–Crippen LogP) is 1.83. The minimum atomic E-state index is -0.322. The number of amides is 2. The quantitative estimate of drug-likeness (QED) is 0.806. The van der Waals surface area contributed by atoms with Crippen LogP contribution in [0.15, 0.2) is 30.3 Å². The van der Waals surface area contributed by atoms with Gasteiger partial charge in [-0.2, -0.15) is 0 Å². The van der Waals surface area contributed by atoms with Crippen LogP contribution in [0.4, 0.5) is 5.69 Å². The van der Waals surface area contributed by atoms with Crippen LogP contribution in [0, 0.1) is 0 Å². The van der Waals surface area contributed by atoms with Crippen LogP contribution in [-0.2, 0) is 16.1 Å². The fourth-order valence-electron chi connectivity index (χ4n) is 1.70. The molecule has 2 rings (SSSR count). The molecule has 0 atom stereocenters. The Labute approximate surface area is 138 Å². The summed E-state index contributed by atoms with van der Waals surface area (Å²) in [6.45, 7) is 3.84. The lowest BCUT2D eigenvalue weighted by Crippen LogP contribution is -2.33. The van der Waals surface area contributed by atoms with E-state index < -0.39 is 0 Å². The topological polar surface area (TPSA) is 93.2 Å². The highest BCUT2D eigenvalue weighted by Crippen LogP contribution is 2.13. The molecule has 1 aromatic carbocycles. The van der Waals surface area contributed by atoms with Crippen LogP contribution in [-0.4, -0.2) is 34.7 Å². The van der Waals surface area contributed by atoms with Gasteiger partial charge in [0, 0.05) is 11.7 Å². The first-order valence-corrected chi connectivity index (χ1v) is 7.92. The summed E-state index contributed by atoms with van der Waals surface area (Å²) in [7, 11) is 0. The van der Waals surface area contributed by atoms with E-state index in [-0.39, 0.29) is 36.1 Å². The van der Waals surface area contributed by atoms with Crippen molar-refractivity contribution in [1.82, 2.24) is 15.5 Å². The molecule has 0 aliphatic carbocycles. The van der Waals surface area contributed by atoms with Crippen molar-refractivity contribution in [3.8, 4) is 0 Å². The highest BCUT2D eigenvalue weighted by molar-refractivity contribution is 7.13. The van der Waals surface area contributed by atoms with E-state index in [0.29, 0.717) is 10.7 Å². The van der Waals surface area contributed by atoms with E-state index in [4.69, 9.17) is 4.74 Å². The summed E-state index contributed by atoms with van der Waals surface area (Å²) in [4.78, 5) is 23.5. The average molecular weight is 334 g/mol. The van der Waals surface area contributed by atoms with Crippen LogP contribution >= 0.6 is 11.3 Å². The van der Waals surface area contributed by atoms with Gasteiger partial charge in [0.1, 0.15) is 18.2 Å².